The Bertz CT molecular complexity index is 712. The maximum atomic E-state index is 12.4. The maximum Gasteiger partial charge on any atom is 0.229 e. The van der Waals surface area contributed by atoms with Crippen molar-refractivity contribution >= 4 is 23.2 Å². The van der Waals surface area contributed by atoms with Crippen LogP contribution in [0.15, 0.2) is 54.6 Å². The Morgan fingerprint density at radius 2 is 1.96 bits per heavy atom. The highest BCUT2D eigenvalue weighted by Crippen LogP contribution is 2.25. The van der Waals surface area contributed by atoms with Gasteiger partial charge in [-0.3, -0.25) is 9.59 Å². The first kappa shape index (κ1) is 15.3. The Balaban J connectivity index is 1.68. The van der Waals surface area contributed by atoms with Gasteiger partial charge in [-0.2, -0.15) is 0 Å². The summed E-state index contributed by atoms with van der Waals surface area (Å²) >= 11 is 0. The topological polar surface area (TPSA) is 49.4 Å². The zero-order valence-corrected chi connectivity index (χ0v) is 13.2. The monoisotopic (exact) mass is 308 g/mol. The zero-order valence-electron chi connectivity index (χ0n) is 13.2. The third-order valence-electron chi connectivity index (χ3n) is 4.17. The van der Waals surface area contributed by atoms with Crippen molar-refractivity contribution in [1.82, 2.24) is 0 Å². The molecule has 4 nitrogen and oxygen atoms in total. The van der Waals surface area contributed by atoms with Gasteiger partial charge in [-0.05, 0) is 36.2 Å². The van der Waals surface area contributed by atoms with E-state index in [-0.39, 0.29) is 24.2 Å². The van der Waals surface area contributed by atoms with Crippen molar-refractivity contribution in [1.29, 1.82) is 0 Å². The second-order valence-electron chi connectivity index (χ2n) is 5.78. The van der Waals surface area contributed by atoms with Gasteiger partial charge in [0, 0.05) is 24.3 Å². The largest absolute Gasteiger partial charge is 0.326 e. The summed E-state index contributed by atoms with van der Waals surface area (Å²) in [5.41, 5.74) is 2.82. The molecule has 1 aliphatic heterocycles. The molecule has 2 amide bonds. The number of carbonyl (C=O) groups excluding carboxylic acids is 2. The van der Waals surface area contributed by atoms with Crippen LogP contribution in [0.5, 0.6) is 0 Å². The van der Waals surface area contributed by atoms with E-state index in [0.717, 1.165) is 17.8 Å². The minimum atomic E-state index is -0.312. The molecule has 1 heterocycles. The fraction of sp³-hybridized carbons (Fsp3) is 0.263. The average Bonchev–Trinajstić information content (AvgIpc) is 2.98. The molecule has 1 unspecified atom stereocenters. The second-order valence-corrected chi connectivity index (χ2v) is 5.78. The predicted octanol–water partition coefficient (Wildman–Crippen LogP) is 3.24. The van der Waals surface area contributed by atoms with Crippen LogP contribution in [0.2, 0.25) is 0 Å². The van der Waals surface area contributed by atoms with Crippen LogP contribution >= 0.6 is 0 Å². The normalized spacial score (nSPS) is 17.3. The quantitative estimate of drug-likeness (QED) is 0.942. The van der Waals surface area contributed by atoms with Crippen LogP contribution in [-0.2, 0) is 16.0 Å². The Kier molecular flexibility index (Phi) is 4.42. The first-order valence-electron chi connectivity index (χ1n) is 7.92. The molecule has 2 aromatic rings. The van der Waals surface area contributed by atoms with E-state index in [0.29, 0.717) is 6.54 Å². The summed E-state index contributed by atoms with van der Waals surface area (Å²) in [6.45, 7) is 2.51. The molecule has 3 rings (SSSR count). The van der Waals surface area contributed by atoms with Crippen LogP contribution in [0.1, 0.15) is 18.9 Å². The number of carbonyl (C=O) groups is 2. The van der Waals surface area contributed by atoms with Crippen molar-refractivity contribution in [3.8, 4) is 0 Å². The van der Waals surface area contributed by atoms with Crippen LogP contribution in [0.25, 0.3) is 0 Å². The molecule has 0 saturated carbocycles. The molecular formula is C19H20N2O2. The molecule has 0 aromatic heterocycles. The number of aryl methyl sites for hydroxylation is 1. The zero-order chi connectivity index (χ0) is 16.2. The number of benzene rings is 2. The highest BCUT2D eigenvalue weighted by atomic mass is 16.2. The Hall–Kier alpha value is -2.62. The lowest BCUT2D eigenvalue weighted by atomic mass is 10.1. The van der Waals surface area contributed by atoms with E-state index in [1.54, 1.807) is 4.90 Å². The van der Waals surface area contributed by atoms with Gasteiger partial charge in [-0.25, -0.2) is 0 Å². The van der Waals surface area contributed by atoms with E-state index in [9.17, 15) is 9.59 Å². The minimum absolute atomic E-state index is 0.00124. The number of nitrogens with zero attached hydrogens (tertiary/aromatic N) is 1. The molecule has 0 bridgehead atoms. The molecule has 0 spiro atoms. The smallest absolute Gasteiger partial charge is 0.229 e. The van der Waals surface area contributed by atoms with Crippen LogP contribution in [0.3, 0.4) is 0 Å². The standard InChI is InChI=1S/C19H20N2O2/c1-2-14-7-6-8-16(11-14)20-19(23)15-12-18(22)21(13-15)17-9-4-3-5-10-17/h3-11,15H,2,12-13H2,1H3,(H,20,23). The number of hydrogen-bond donors (Lipinski definition) is 1. The minimum Gasteiger partial charge on any atom is -0.326 e. The van der Waals surface area contributed by atoms with Crippen LogP contribution in [-0.4, -0.2) is 18.4 Å². The average molecular weight is 308 g/mol. The van der Waals surface area contributed by atoms with Gasteiger partial charge in [0.2, 0.25) is 11.8 Å². The van der Waals surface area contributed by atoms with E-state index in [1.807, 2.05) is 54.6 Å². The van der Waals surface area contributed by atoms with Crippen molar-refractivity contribution in [3.63, 3.8) is 0 Å². The van der Waals surface area contributed by atoms with Crippen molar-refractivity contribution in [2.24, 2.45) is 5.92 Å². The van der Waals surface area contributed by atoms with Gasteiger partial charge in [0.05, 0.1) is 5.92 Å². The summed E-state index contributed by atoms with van der Waals surface area (Å²) in [6, 6.07) is 17.3. The third-order valence-corrected chi connectivity index (χ3v) is 4.17. The number of hydrogen-bond acceptors (Lipinski definition) is 2. The highest BCUT2D eigenvalue weighted by Gasteiger charge is 2.35. The lowest BCUT2D eigenvalue weighted by Gasteiger charge is -2.16. The number of amides is 2. The van der Waals surface area contributed by atoms with Crippen molar-refractivity contribution < 1.29 is 9.59 Å². The van der Waals surface area contributed by atoms with Gasteiger partial charge < -0.3 is 10.2 Å². The molecule has 1 saturated heterocycles. The second kappa shape index (κ2) is 6.65. The number of rotatable bonds is 4. The first-order valence-corrected chi connectivity index (χ1v) is 7.92. The molecular weight excluding hydrogens is 288 g/mol. The molecule has 23 heavy (non-hydrogen) atoms. The summed E-state index contributed by atoms with van der Waals surface area (Å²) in [6.07, 6.45) is 1.18. The molecule has 0 aliphatic carbocycles. The fourth-order valence-electron chi connectivity index (χ4n) is 2.85. The predicted molar refractivity (Wildman–Crippen MR) is 91.4 cm³/mol. The van der Waals surface area contributed by atoms with E-state index in [4.69, 9.17) is 0 Å². The van der Waals surface area contributed by atoms with Gasteiger partial charge in [-0.15, -0.1) is 0 Å². The summed E-state index contributed by atoms with van der Waals surface area (Å²) in [7, 11) is 0. The SMILES string of the molecule is CCc1cccc(NC(=O)C2CC(=O)N(c3ccccc3)C2)c1. The lowest BCUT2D eigenvalue weighted by Crippen LogP contribution is -2.28. The van der Waals surface area contributed by atoms with E-state index < -0.39 is 0 Å². The summed E-state index contributed by atoms with van der Waals surface area (Å²) in [4.78, 5) is 26.3. The molecule has 0 radical (unpaired) electrons. The van der Waals surface area contributed by atoms with E-state index in [1.165, 1.54) is 5.56 Å². The molecule has 2 aromatic carbocycles. The molecule has 4 heteroatoms. The molecule has 1 atom stereocenters. The van der Waals surface area contributed by atoms with Gasteiger partial charge in [0.15, 0.2) is 0 Å². The third kappa shape index (κ3) is 3.42. The van der Waals surface area contributed by atoms with Crippen LogP contribution in [0, 0.1) is 5.92 Å². The molecule has 1 aliphatic rings. The number of para-hydroxylation sites is 1. The molecule has 118 valence electrons. The van der Waals surface area contributed by atoms with Crippen LogP contribution in [0.4, 0.5) is 11.4 Å². The van der Waals surface area contributed by atoms with Gasteiger partial charge >= 0.3 is 0 Å². The summed E-state index contributed by atoms with van der Waals surface area (Å²) in [5, 5.41) is 2.93. The van der Waals surface area contributed by atoms with Crippen molar-refractivity contribution in [3.05, 3.63) is 60.2 Å². The summed E-state index contributed by atoms with van der Waals surface area (Å²) in [5.74, 6) is -0.406. The van der Waals surface area contributed by atoms with E-state index >= 15 is 0 Å². The number of anilines is 2. The Labute approximate surface area is 136 Å². The van der Waals surface area contributed by atoms with E-state index in [2.05, 4.69) is 12.2 Å². The van der Waals surface area contributed by atoms with Crippen LogP contribution < -0.4 is 10.2 Å². The highest BCUT2D eigenvalue weighted by molar-refractivity contribution is 6.03. The fourth-order valence-corrected chi connectivity index (χ4v) is 2.85. The van der Waals surface area contributed by atoms with Crippen molar-refractivity contribution in [2.45, 2.75) is 19.8 Å². The Morgan fingerprint density at radius 3 is 2.70 bits per heavy atom. The first-order chi connectivity index (χ1) is 11.2. The lowest BCUT2D eigenvalue weighted by molar-refractivity contribution is -0.122. The molecule has 1 fully saturated rings. The van der Waals surface area contributed by atoms with Gasteiger partial charge in [-0.1, -0.05) is 37.3 Å². The summed E-state index contributed by atoms with van der Waals surface area (Å²) < 4.78 is 0. The van der Waals surface area contributed by atoms with Gasteiger partial charge in [0.1, 0.15) is 0 Å². The maximum absolute atomic E-state index is 12.4. The van der Waals surface area contributed by atoms with Gasteiger partial charge in [0.25, 0.3) is 0 Å². The van der Waals surface area contributed by atoms with Crippen molar-refractivity contribution in [2.75, 3.05) is 16.8 Å². The number of nitrogens with one attached hydrogen (secondary N) is 1. The Morgan fingerprint density at radius 1 is 1.17 bits per heavy atom. The molecule has 1 N–H and O–H groups in total.